The molecule has 0 spiro atoms. The van der Waals surface area contributed by atoms with Crippen molar-refractivity contribution in [3.63, 3.8) is 0 Å². The maximum atomic E-state index is 11.9. The molecule has 0 bridgehead atoms. The van der Waals surface area contributed by atoms with Gasteiger partial charge in [0, 0.05) is 16.7 Å². The highest BCUT2D eigenvalue weighted by Gasteiger charge is 2.11. The van der Waals surface area contributed by atoms with Crippen molar-refractivity contribution in [3.05, 3.63) is 64.1 Å². The zero-order chi connectivity index (χ0) is 14.4. The van der Waals surface area contributed by atoms with Crippen LogP contribution in [0, 0.1) is 0 Å². The quantitative estimate of drug-likeness (QED) is 0.832. The van der Waals surface area contributed by atoms with Gasteiger partial charge in [-0.05, 0) is 36.8 Å². The SMILES string of the molecule is CCOC(=O)c1ccccc1NCc1cccc(Br)c1. The van der Waals surface area contributed by atoms with Gasteiger partial charge in [0.15, 0.2) is 0 Å². The third kappa shape index (κ3) is 3.84. The Balaban J connectivity index is 2.11. The zero-order valence-electron chi connectivity index (χ0n) is 11.2. The summed E-state index contributed by atoms with van der Waals surface area (Å²) in [5, 5.41) is 3.27. The fourth-order valence-electron chi connectivity index (χ4n) is 1.87. The van der Waals surface area contributed by atoms with E-state index in [-0.39, 0.29) is 5.97 Å². The first-order valence-electron chi connectivity index (χ1n) is 6.45. The Morgan fingerprint density at radius 1 is 1.20 bits per heavy atom. The Hall–Kier alpha value is -1.81. The van der Waals surface area contributed by atoms with Gasteiger partial charge in [-0.3, -0.25) is 0 Å². The van der Waals surface area contributed by atoms with Crippen LogP contribution in [0.3, 0.4) is 0 Å². The molecule has 4 heteroatoms. The first kappa shape index (κ1) is 14.6. The monoisotopic (exact) mass is 333 g/mol. The van der Waals surface area contributed by atoms with E-state index >= 15 is 0 Å². The van der Waals surface area contributed by atoms with E-state index in [9.17, 15) is 4.79 Å². The highest BCUT2D eigenvalue weighted by atomic mass is 79.9. The lowest BCUT2D eigenvalue weighted by Crippen LogP contribution is -2.09. The van der Waals surface area contributed by atoms with Gasteiger partial charge in [-0.2, -0.15) is 0 Å². The molecule has 20 heavy (non-hydrogen) atoms. The molecule has 0 heterocycles. The molecule has 2 aromatic rings. The van der Waals surface area contributed by atoms with Crippen molar-refractivity contribution in [2.75, 3.05) is 11.9 Å². The van der Waals surface area contributed by atoms with Gasteiger partial charge in [0.2, 0.25) is 0 Å². The van der Waals surface area contributed by atoms with Crippen molar-refractivity contribution in [2.45, 2.75) is 13.5 Å². The van der Waals surface area contributed by atoms with Gasteiger partial charge in [0.05, 0.1) is 12.2 Å². The average molecular weight is 334 g/mol. The molecular formula is C16H16BrNO2. The van der Waals surface area contributed by atoms with Crippen LogP contribution in [0.25, 0.3) is 0 Å². The molecule has 2 rings (SSSR count). The molecule has 0 aliphatic rings. The summed E-state index contributed by atoms with van der Waals surface area (Å²) >= 11 is 3.44. The molecule has 3 nitrogen and oxygen atoms in total. The number of carbonyl (C=O) groups excluding carboxylic acids is 1. The van der Waals surface area contributed by atoms with Crippen LogP contribution in [-0.4, -0.2) is 12.6 Å². The van der Waals surface area contributed by atoms with Gasteiger partial charge < -0.3 is 10.1 Å². The van der Waals surface area contributed by atoms with E-state index < -0.39 is 0 Å². The molecule has 1 N–H and O–H groups in total. The Morgan fingerprint density at radius 3 is 2.75 bits per heavy atom. The van der Waals surface area contributed by atoms with Gasteiger partial charge in [-0.15, -0.1) is 0 Å². The van der Waals surface area contributed by atoms with Crippen molar-refractivity contribution >= 4 is 27.6 Å². The summed E-state index contributed by atoms with van der Waals surface area (Å²) in [6.07, 6.45) is 0. The average Bonchev–Trinajstić information content (AvgIpc) is 2.46. The molecule has 0 aromatic heterocycles. The zero-order valence-corrected chi connectivity index (χ0v) is 12.8. The van der Waals surface area contributed by atoms with E-state index in [0.29, 0.717) is 18.7 Å². The van der Waals surface area contributed by atoms with Gasteiger partial charge in [0.1, 0.15) is 0 Å². The Labute approximate surface area is 127 Å². The molecule has 0 unspecified atom stereocenters. The molecule has 0 aliphatic heterocycles. The summed E-state index contributed by atoms with van der Waals surface area (Å²) in [6.45, 7) is 2.82. The van der Waals surface area contributed by atoms with Gasteiger partial charge >= 0.3 is 5.97 Å². The van der Waals surface area contributed by atoms with Crippen molar-refractivity contribution in [3.8, 4) is 0 Å². The maximum Gasteiger partial charge on any atom is 0.340 e. The van der Waals surface area contributed by atoms with Crippen LogP contribution >= 0.6 is 15.9 Å². The molecule has 0 amide bonds. The Morgan fingerprint density at radius 2 is 2.00 bits per heavy atom. The predicted molar refractivity (Wildman–Crippen MR) is 83.9 cm³/mol. The van der Waals surface area contributed by atoms with Crippen LogP contribution in [0.2, 0.25) is 0 Å². The van der Waals surface area contributed by atoms with E-state index in [2.05, 4.69) is 21.2 Å². The number of anilines is 1. The summed E-state index contributed by atoms with van der Waals surface area (Å²) in [4.78, 5) is 11.9. The minimum Gasteiger partial charge on any atom is -0.462 e. The third-order valence-corrected chi connectivity index (χ3v) is 3.29. The number of para-hydroxylation sites is 1. The summed E-state index contributed by atoms with van der Waals surface area (Å²) in [5.74, 6) is -0.301. The molecule has 0 saturated heterocycles. The lowest BCUT2D eigenvalue weighted by atomic mass is 10.1. The fourth-order valence-corrected chi connectivity index (χ4v) is 2.31. The topological polar surface area (TPSA) is 38.3 Å². The lowest BCUT2D eigenvalue weighted by molar-refractivity contribution is 0.0527. The number of halogens is 1. The van der Waals surface area contributed by atoms with E-state index in [1.165, 1.54) is 0 Å². The lowest BCUT2D eigenvalue weighted by Gasteiger charge is -2.11. The summed E-state index contributed by atoms with van der Waals surface area (Å²) < 4.78 is 6.09. The third-order valence-electron chi connectivity index (χ3n) is 2.79. The molecule has 0 radical (unpaired) electrons. The van der Waals surface area contributed by atoms with Crippen LogP contribution in [0.4, 0.5) is 5.69 Å². The Bertz CT molecular complexity index is 599. The molecule has 0 aliphatic carbocycles. The van der Waals surface area contributed by atoms with Crippen molar-refractivity contribution in [2.24, 2.45) is 0 Å². The largest absolute Gasteiger partial charge is 0.462 e. The number of carbonyl (C=O) groups is 1. The second-order valence-electron chi connectivity index (χ2n) is 4.25. The standard InChI is InChI=1S/C16H16BrNO2/c1-2-20-16(19)14-8-3-4-9-15(14)18-11-12-6-5-7-13(17)10-12/h3-10,18H,2,11H2,1H3. The molecule has 104 valence electrons. The highest BCUT2D eigenvalue weighted by molar-refractivity contribution is 9.10. The molecular weight excluding hydrogens is 318 g/mol. The second kappa shape index (κ2) is 7.10. The molecule has 0 fully saturated rings. The summed E-state index contributed by atoms with van der Waals surface area (Å²) in [5.41, 5.74) is 2.48. The van der Waals surface area contributed by atoms with Gasteiger partial charge in [-0.1, -0.05) is 40.2 Å². The molecule has 2 aromatic carbocycles. The van der Waals surface area contributed by atoms with E-state index in [0.717, 1.165) is 15.7 Å². The van der Waals surface area contributed by atoms with Crippen LogP contribution in [0.15, 0.2) is 53.0 Å². The van der Waals surface area contributed by atoms with Crippen LogP contribution < -0.4 is 5.32 Å². The maximum absolute atomic E-state index is 11.9. The number of hydrogen-bond donors (Lipinski definition) is 1. The fraction of sp³-hybridized carbons (Fsp3) is 0.188. The van der Waals surface area contributed by atoms with E-state index in [1.807, 2.05) is 42.5 Å². The van der Waals surface area contributed by atoms with Gasteiger partial charge in [0.25, 0.3) is 0 Å². The van der Waals surface area contributed by atoms with Crippen LogP contribution in [0.1, 0.15) is 22.8 Å². The minimum absolute atomic E-state index is 0.301. The van der Waals surface area contributed by atoms with Crippen LogP contribution in [0.5, 0.6) is 0 Å². The smallest absolute Gasteiger partial charge is 0.340 e. The molecule has 0 saturated carbocycles. The number of rotatable bonds is 5. The Kier molecular flexibility index (Phi) is 5.18. The normalized spacial score (nSPS) is 10.1. The number of benzene rings is 2. The predicted octanol–water partition coefficient (Wildman–Crippen LogP) is 4.24. The minimum atomic E-state index is -0.301. The highest BCUT2D eigenvalue weighted by Crippen LogP contribution is 2.18. The van der Waals surface area contributed by atoms with Crippen LogP contribution in [-0.2, 0) is 11.3 Å². The number of nitrogens with one attached hydrogen (secondary N) is 1. The number of esters is 1. The molecule has 0 atom stereocenters. The summed E-state index contributed by atoms with van der Waals surface area (Å²) in [7, 11) is 0. The van der Waals surface area contributed by atoms with E-state index in [4.69, 9.17) is 4.74 Å². The van der Waals surface area contributed by atoms with Gasteiger partial charge in [-0.25, -0.2) is 4.79 Å². The number of hydrogen-bond acceptors (Lipinski definition) is 3. The van der Waals surface area contributed by atoms with E-state index in [1.54, 1.807) is 13.0 Å². The van der Waals surface area contributed by atoms with Crippen molar-refractivity contribution in [1.29, 1.82) is 0 Å². The van der Waals surface area contributed by atoms with Crippen molar-refractivity contribution < 1.29 is 9.53 Å². The van der Waals surface area contributed by atoms with Crippen molar-refractivity contribution in [1.82, 2.24) is 0 Å². The number of ether oxygens (including phenoxy) is 1. The second-order valence-corrected chi connectivity index (χ2v) is 5.17. The first-order chi connectivity index (χ1) is 9.70. The summed E-state index contributed by atoms with van der Waals surface area (Å²) in [6, 6.07) is 15.4. The first-order valence-corrected chi connectivity index (χ1v) is 7.24.